The molecule has 9 heteroatoms. The Balaban J connectivity index is 1.74. The van der Waals surface area contributed by atoms with Crippen molar-refractivity contribution in [2.75, 3.05) is 39.4 Å². The van der Waals surface area contributed by atoms with E-state index in [0.29, 0.717) is 12.2 Å². The Morgan fingerprint density at radius 1 is 1.52 bits per heavy atom. The van der Waals surface area contributed by atoms with Crippen LogP contribution < -0.4 is 5.32 Å². The summed E-state index contributed by atoms with van der Waals surface area (Å²) in [5.74, 6) is -0.208. The van der Waals surface area contributed by atoms with Gasteiger partial charge in [0.2, 0.25) is 5.91 Å². The minimum atomic E-state index is -0.505. The van der Waals surface area contributed by atoms with Gasteiger partial charge in [0.25, 0.3) is 0 Å². The van der Waals surface area contributed by atoms with Crippen molar-refractivity contribution in [3.05, 3.63) is 22.0 Å². The molecule has 1 N–H and O–H groups in total. The Bertz CT molecular complexity index is 510. The first-order chi connectivity index (χ1) is 10.1. The van der Waals surface area contributed by atoms with Gasteiger partial charge >= 0.3 is 5.69 Å². The van der Waals surface area contributed by atoms with E-state index >= 15 is 0 Å². The van der Waals surface area contributed by atoms with E-state index in [0.717, 1.165) is 32.8 Å². The molecule has 0 aliphatic carbocycles. The fourth-order valence-electron chi connectivity index (χ4n) is 2.15. The second kappa shape index (κ2) is 7.14. The molecule has 2 rings (SSSR count). The summed E-state index contributed by atoms with van der Waals surface area (Å²) in [6.07, 6.45) is 1.27. The van der Waals surface area contributed by atoms with Crippen LogP contribution in [-0.2, 0) is 16.1 Å². The van der Waals surface area contributed by atoms with E-state index in [1.54, 1.807) is 6.92 Å². The monoisotopic (exact) mass is 297 g/mol. The number of ether oxygens (including phenoxy) is 1. The van der Waals surface area contributed by atoms with Gasteiger partial charge in [-0.3, -0.25) is 24.5 Å². The number of rotatable bonds is 6. The normalized spacial score (nSPS) is 15.9. The van der Waals surface area contributed by atoms with Crippen LogP contribution in [-0.4, -0.2) is 64.9 Å². The van der Waals surface area contributed by atoms with Crippen LogP contribution in [0.15, 0.2) is 6.20 Å². The van der Waals surface area contributed by atoms with Crippen molar-refractivity contribution in [1.82, 2.24) is 20.0 Å². The molecule has 0 aromatic carbocycles. The number of carbonyl (C=O) groups is 1. The number of nitrogens with zero attached hydrogens (tertiary/aromatic N) is 4. The molecule has 0 unspecified atom stereocenters. The van der Waals surface area contributed by atoms with Gasteiger partial charge in [-0.05, 0) is 6.92 Å². The number of hydrogen-bond acceptors (Lipinski definition) is 6. The third-order valence-corrected chi connectivity index (χ3v) is 3.28. The molecule has 21 heavy (non-hydrogen) atoms. The molecular weight excluding hydrogens is 278 g/mol. The van der Waals surface area contributed by atoms with Crippen molar-refractivity contribution >= 4 is 11.6 Å². The lowest BCUT2D eigenvalue weighted by atomic mass is 10.4. The minimum Gasteiger partial charge on any atom is -0.379 e. The molecule has 2 heterocycles. The van der Waals surface area contributed by atoms with Crippen LogP contribution in [0.4, 0.5) is 5.69 Å². The molecule has 1 aromatic rings. The Morgan fingerprint density at radius 2 is 2.24 bits per heavy atom. The Hall–Kier alpha value is -2.00. The lowest BCUT2D eigenvalue weighted by molar-refractivity contribution is -0.385. The number of aryl methyl sites for hydroxylation is 1. The van der Waals surface area contributed by atoms with Crippen molar-refractivity contribution in [3.8, 4) is 0 Å². The molecule has 9 nitrogen and oxygen atoms in total. The fourth-order valence-corrected chi connectivity index (χ4v) is 2.15. The molecule has 1 amide bonds. The molecule has 1 aromatic heterocycles. The summed E-state index contributed by atoms with van der Waals surface area (Å²) in [4.78, 5) is 24.2. The van der Waals surface area contributed by atoms with E-state index in [9.17, 15) is 14.9 Å². The quantitative estimate of drug-likeness (QED) is 0.563. The summed E-state index contributed by atoms with van der Waals surface area (Å²) in [6.45, 7) is 6.05. The highest BCUT2D eigenvalue weighted by Crippen LogP contribution is 2.14. The maximum atomic E-state index is 11.8. The van der Waals surface area contributed by atoms with Gasteiger partial charge in [-0.25, -0.2) is 0 Å². The standard InChI is InChI=1S/C12H19N5O4/c1-10-11(17(19)20)8-16(14-10)9-12(18)13-2-3-15-4-6-21-7-5-15/h8H,2-7,9H2,1H3,(H,13,18). The summed E-state index contributed by atoms with van der Waals surface area (Å²) in [5.41, 5.74) is 0.234. The number of carbonyl (C=O) groups excluding carboxylic acids is 1. The first-order valence-corrected chi connectivity index (χ1v) is 6.81. The molecule has 0 radical (unpaired) electrons. The number of aromatic nitrogens is 2. The van der Waals surface area contributed by atoms with E-state index in [-0.39, 0.29) is 18.1 Å². The second-order valence-corrected chi connectivity index (χ2v) is 4.86. The lowest BCUT2D eigenvalue weighted by Gasteiger charge is -2.26. The second-order valence-electron chi connectivity index (χ2n) is 4.86. The average Bonchev–Trinajstić information content (AvgIpc) is 2.81. The predicted octanol–water partition coefficient (Wildman–Crippen LogP) is -0.452. The Labute approximate surface area is 122 Å². The summed E-state index contributed by atoms with van der Waals surface area (Å²) in [5, 5.41) is 17.4. The van der Waals surface area contributed by atoms with Crippen molar-refractivity contribution < 1.29 is 14.5 Å². The zero-order valence-corrected chi connectivity index (χ0v) is 11.9. The highest BCUT2D eigenvalue weighted by molar-refractivity contribution is 5.75. The van der Waals surface area contributed by atoms with Gasteiger partial charge < -0.3 is 10.1 Å². The van der Waals surface area contributed by atoms with Crippen molar-refractivity contribution in [2.24, 2.45) is 0 Å². The van der Waals surface area contributed by atoms with Crippen LogP contribution in [0.3, 0.4) is 0 Å². The van der Waals surface area contributed by atoms with Gasteiger partial charge in [0.1, 0.15) is 18.4 Å². The van der Waals surface area contributed by atoms with Gasteiger partial charge in [0.15, 0.2) is 0 Å². The molecule has 1 saturated heterocycles. The third-order valence-electron chi connectivity index (χ3n) is 3.28. The molecule has 0 atom stereocenters. The summed E-state index contributed by atoms with van der Waals surface area (Å²) in [6, 6.07) is 0. The van der Waals surface area contributed by atoms with Crippen molar-refractivity contribution in [3.63, 3.8) is 0 Å². The van der Waals surface area contributed by atoms with Crippen LogP contribution in [0.5, 0.6) is 0 Å². The molecule has 0 spiro atoms. The molecule has 1 aliphatic heterocycles. The maximum absolute atomic E-state index is 11.8. The van der Waals surface area contributed by atoms with Crippen LogP contribution in [0.1, 0.15) is 5.69 Å². The van der Waals surface area contributed by atoms with Gasteiger partial charge in [0.05, 0.1) is 18.1 Å². The lowest BCUT2D eigenvalue weighted by Crippen LogP contribution is -2.41. The van der Waals surface area contributed by atoms with Gasteiger partial charge in [-0.2, -0.15) is 5.10 Å². The molecule has 1 fully saturated rings. The van der Waals surface area contributed by atoms with Gasteiger partial charge in [-0.1, -0.05) is 0 Å². The van der Waals surface area contributed by atoms with Crippen molar-refractivity contribution in [1.29, 1.82) is 0 Å². The van der Waals surface area contributed by atoms with E-state index in [1.807, 2.05) is 0 Å². The first-order valence-electron chi connectivity index (χ1n) is 6.81. The molecule has 1 aliphatic rings. The van der Waals surface area contributed by atoms with Crippen LogP contribution in [0, 0.1) is 17.0 Å². The molecule has 0 saturated carbocycles. The van der Waals surface area contributed by atoms with E-state index < -0.39 is 4.92 Å². The smallest absolute Gasteiger partial charge is 0.309 e. The summed E-state index contributed by atoms with van der Waals surface area (Å²) in [7, 11) is 0. The predicted molar refractivity (Wildman–Crippen MR) is 73.9 cm³/mol. The van der Waals surface area contributed by atoms with E-state index in [4.69, 9.17) is 4.74 Å². The Morgan fingerprint density at radius 3 is 2.86 bits per heavy atom. The van der Waals surface area contributed by atoms with Crippen LogP contribution >= 0.6 is 0 Å². The highest BCUT2D eigenvalue weighted by Gasteiger charge is 2.16. The molecule has 0 bridgehead atoms. The Kier molecular flexibility index (Phi) is 5.23. The van der Waals surface area contributed by atoms with Crippen molar-refractivity contribution in [2.45, 2.75) is 13.5 Å². The number of hydrogen-bond donors (Lipinski definition) is 1. The zero-order valence-electron chi connectivity index (χ0n) is 11.9. The SMILES string of the molecule is Cc1nn(CC(=O)NCCN2CCOCC2)cc1[N+](=O)[O-]. The van der Waals surface area contributed by atoms with Gasteiger partial charge in [-0.15, -0.1) is 0 Å². The molecule has 116 valence electrons. The van der Waals surface area contributed by atoms with Crippen LogP contribution in [0.2, 0.25) is 0 Å². The number of morpholine rings is 1. The van der Waals surface area contributed by atoms with E-state index in [1.165, 1.54) is 10.9 Å². The first kappa shape index (κ1) is 15.4. The average molecular weight is 297 g/mol. The fraction of sp³-hybridized carbons (Fsp3) is 0.667. The maximum Gasteiger partial charge on any atom is 0.309 e. The van der Waals surface area contributed by atoms with Crippen LogP contribution in [0.25, 0.3) is 0 Å². The summed E-state index contributed by atoms with van der Waals surface area (Å²) < 4.78 is 6.53. The number of nitrogens with one attached hydrogen (secondary N) is 1. The zero-order chi connectivity index (χ0) is 15.2. The van der Waals surface area contributed by atoms with E-state index in [2.05, 4.69) is 15.3 Å². The third kappa shape index (κ3) is 4.50. The largest absolute Gasteiger partial charge is 0.379 e. The molecular formula is C12H19N5O4. The number of nitro groups is 1. The minimum absolute atomic E-state index is 0.0161. The van der Waals surface area contributed by atoms with Gasteiger partial charge in [0, 0.05) is 26.2 Å². The number of amides is 1. The topological polar surface area (TPSA) is 103 Å². The summed E-state index contributed by atoms with van der Waals surface area (Å²) >= 11 is 0. The highest BCUT2D eigenvalue weighted by atomic mass is 16.6.